The van der Waals surface area contributed by atoms with E-state index in [1.807, 2.05) is 54.6 Å². The molecule has 0 aliphatic rings. The van der Waals surface area contributed by atoms with Crippen LogP contribution in [-0.4, -0.2) is 11.1 Å². The molecule has 3 nitrogen and oxygen atoms in total. The van der Waals surface area contributed by atoms with Crippen molar-refractivity contribution in [2.75, 3.05) is 0 Å². The third-order valence-corrected chi connectivity index (χ3v) is 3.31. The fraction of sp³-hybridized carbons (Fsp3) is 0.0625. The van der Waals surface area contributed by atoms with Gasteiger partial charge in [-0.2, -0.15) is 0 Å². The van der Waals surface area contributed by atoms with Crippen LogP contribution in [0.15, 0.2) is 54.6 Å². The van der Waals surface area contributed by atoms with Crippen LogP contribution in [0.25, 0.3) is 21.5 Å². The van der Waals surface area contributed by atoms with Gasteiger partial charge in [-0.05, 0) is 27.6 Å². The fourth-order valence-corrected chi connectivity index (χ4v) is 2.46. The van der Waals surface area contributed by atoms with Crippen LogP contribution in [0.2, 0.25) is 0 Å². The summed E-state index contributed by atoms with van der Waals surface area (Å²) in [6.45, 7) is 0. The number of benzene rings is 3. The smallest absolute Gasteiger partial charge is 0.120 e. The normalized spacial score (nSPS) is 12.7. The lowest BCUT2D eigenvalue weighted by atomic mass is 9.93. The number of rotatable bonds is 2. The van der Waals surface area contributed by atoms with Crippen molar-refractivity contribution < 1.29 is 15.0 Å². The highest BCUT2D eigenvalue weighted by molar-refractivity contribution is 6.04. The largest absolute Gasteiger partial charge is 0.547 e. The van der Waals surface area contributed by atoms with Crippen molar-refractivity contribution in [3.05, 3.63) is 60.2 Å². The van der Waals surface area contributed by atoms with Gasteiger partial charge in [-0.25, -0.2) is 0 Å². The Morgan fingerprint density at radius 2 is 1.42 bits per heavy atom. The molecule has 1 atom stereocenters. The average Bonchev–Trinajstić information content (AvgIpc) is 2.43. The van der Waals surface area contributed by atoms with Crippen LogP contribution in [0.1, 0.15) is 11.7 Å². The summed E-state index contributed by atoms with van der Waals surface area (Å²) in [6, 6.07) is 16.8. The van der Waals surface area contributed by atoms with Crippen molar-refractivity contribution in [2.24, 2.45) is 0 Å². The predicted molar refractivity (Wildman–Crippen MR) is 71.4 cm³/mol. The molecule has 0 spiro atoms. The summed E-state index contributed by atoms with van der Waals surface area (Å²) in [7, 11) is 0. The number of carbonyl (C=O) groups excluding carboxylic acids is 1. The molecule has 0 amide bonds. The van der Waals surface area contributed by atoms with E-state index in [-0.39, 0.29) is 0 Å². The molecule has 3 aromatic carbocycles. The number of hydrogen-bond donors (Lipinski definition) is 1. The van der Waals surface area contributed by atoms with Gasteiger partial charge >= 0.3 is 0 Å². The molecule has 0 bridgehead atoms. The van der Waals surface area contributed by atoms with Gasteiger partial charge in [0.1, 0.15) is 6.10 Å². The van der Waals surface area contributed by atoms with Crippen LogP contribution >= 0.6 is 0 Å². The summed E-state index contributed by atoms with van der Waals surface area (Å²) in [5, 5.41) is 24.2. The quantitative estimate of drug-likeness (QED) is 0.706. The molecular weight excluding hydrogens is 240 g/mol. The monoisotopic (exact) mass is 251 g/mol. The van der Waals surface area contributed by atoms with Gasteiger partial charge in [0.05, 0.1) is 5.97 Å². The van der Waals surface area contributed by atoms with Gasteiger partial charge in [0.25, 0.3) is 0 Å². The standard InChI is InChI=1S/C16H12O3/c17-15(16(18)19)14-12-7-3-1-5-10(12)9-11-6-2-4-8-13(11)14/h1-9,15,17H,(H,18,19)/p-1. The van der Waals surface area contributed by atoms with E-state index in [0.717, 1.165) is 21.5 Å². The highest BCUT2D eigenvalue weighted by atomic mass is 16.4. The second-order valence-electron chi connectivity index (χ2n) is 4.45. The number of carboxylic acids is 1. The Bertz CT molecular complexity index is 723. The molecule has 0 aliphatic carbocycles. The van der Waals surface area contributed by atoms with Crippen molar-refractivity contribution in [2.45, 2.75) is 6.10 Å². The SMILES string of the molecule is O=C([O-])C(O)c1c2ccccc2cc2ccccc12. The van der Waals surface area contributed by atoms with Gasteiger partial charge in [-0.15, -0.1) is 0 Å². The van der Waals surface area contributed by atoms with Crippen LogP contribution in [0.5, 0.6) is 0 Å². The fourth-order valence-electron chi connectivity index (χ4n) is 2.46. The van der Waals surface area contributed by atoms with E-state index in [4.69, 9.17) is 0 Å². The average molecular weight is 251 g/mol. The first-order chi connectivity index (χ1) is 9.18. The molecule has 0 fully saturated rings. The van der Waals surface area contributed by atoms with E-state index in [0.29, 0.717) is 5.56 Å². The molecule has 3 rings (SSSR count). The zero-order valence-corrected chi connectivity index (χ0v) is 10.0. The molecule has 0 heterocycles. The summed E-state index contributed by atoms with van der Waals surface area (Å²) in [6.07, 6.45) is -1.63. The Morgan fingerprint density at radius 3 is 1.89 bits per heavy atom. The van der Waals surface area contributed by atoms with E-state index in [9.17, 15) is 15.0 Å². The predicted octanol–water partition coefficient (Wildman–Crippen LogP) is 1.78. The summed E-state index contributed by atoms with van der Waals surface area (Å²) < 4.78 is 0. The zero-order valence-electron chi connectivity index (χ0n) is 10.0. The van der Waals surface area contributed by atoms with Crippen LogP contribution in [0.3, 0.4) is 0 Å². The first-order valence-corrected chi connectivity index (χ1v) is 5.98. The van der Waals surface area contributed by atoms with E-state index >= 15 is 0 Å². The van der Waals surface area contributed by atoms with Crippen LogP contribution in [0, 0.1) is 0 Å². The lowest BCUT2D eigenvalue weighted by molar-refractivity contribution is -0.315. The minimum atomic E-state index is -1.63. The van der Waals surface area contributed by atoms with Crippen molar-refractivity contribution in [3.8, 4) is 0 Å². The Balaban J connectivity index is 2.49. The lowest BCUT2D eigenvalue weighted by Gasteiger charge is -2.17. The topological polar surface area (TPSA) is 60.4 Å². The van der Waals surface area contributed by atoms with Crippen molar-refractivity contribution in [3.63, 3.8) is 0 Å². The van der Waals surface area contributed by atoms with Gasteiger partial charge in [-0.3, -0.25) is 0 Å². The molecule has 19 heavy (non-hydrogen) atoms. The summed E-state index contributed by atoms with van der Waals surface area (Å²) in [5.41, 5.74) is 0.397. The van der Waals surface area contributed by atoms with E-state index in [2.05, 4.69) is 0 Å². The highest BCUT2D eigenvalue weighted by Gasteiger charge is 2.16. The molecule has 0 aliphatic heterocycles. The molecule has 3 aromatic rings. The van der Waals surface area contributed by atoms with E-state index in [1.54, 1.807) is 0 Å². The van der Waals surface area contributed by atoms with Gasteiger partial charge in [0.15, 0.2) is 0 Å². The number of aliphatic hydroxyl groups is 1. The molecule has 0 radical (unpaired) electrons. The van der Waals surface area contributed by atoms with Gasteiger partial charge in [-0.1, -0.05) is 48.5 Å². The van der Waals surface area contributed by atoms with Crippen LogP contribution < -0.4 is 5.11 Å². The first-order valence-electron chi connectivity index (χ1n) is 5.98. The van der Waals surface area contributed by atoms with Crippen molar-refractivity contribution in [1.82, 2.24) is 0 Å². The number of aliphatic carboxylic acids is 1. The second kappa shape index (κ2) is 4.37. The zero-order chi connectivity index (χ0) is 13.4. The van der Waals surface area contributed by atoms with Crippen LogP contribution in [0.4, 0.5) is 0 Å². The maximum atomic E-state index is 11.0. The summed E-state index contributed by atoms with van der Waals surface area (Å²) >= 11 is 0. The van der Waals surface area contributed by atoms with E-state index < -0.39 is 12.1 Å². The highest BCUT2D eigenvalue weighted by Crippen LogP contribution is 2.32. The first kappa shape index (κ1) is 11.7. The number of carbonyl (C=O) groups is 1. The molecule has 0 saturated heterocycles. The Morgan fingerprint density at radius 1 is 0.947 bits per heavy atom. The molecule has 0 aromatic heterocycles. The molecular formula is C16H11O3-. The molecule has 3 heteroatoms. The van der Waals surface area contributed by atoms with E-state index in [1.165, 1.54) is 0 Å². The Labute approximate surface area is 109 Å². The maximum absolute atomic E-state index is 11.0. The number of aliphatic hydroxyl groups excluding tert-OH is 1. The van der Waals surface area contributed by atoms with Gasteiger partial charge in [0.2, 0.25) is 0 Å². The summed E-state index contributed by atoms with van der Waals surface area (Å²) in [4.78, 5) is 11.0. The summed E-state index contributed by atoms with van der Waals surface area (Å²) in [5.74, 6) is -1.48. The molecule has 1 N–H and O–H groups in total. The number of hydrogen-bond acceptors (Lipinski definition) is 3. The van der Waals surface area contributed by atoms with Gasteiger partial charge in [0, 0.05) is 5.56 Å². The maximum Gasteiger partial charge on any atom is 0.120 e. The number of fused-ring (bicyclic) bond motifs is 2. The number of carboxylic acid groups (broad SMARTS) is 1. The van der Waals surface area contributed by atoms with Crippen LogP contribution in [-0.2, 0) is 4.79 Å². The third kappa shape index (κ3) is 1.84. The Kier molecular flexibility index (Phi) is 2.69. The molecule has 94 valence electrons. The minimum absolute atomic E-state index is 0.397. The Hall–Kier alpha value is -2.39. The molecule has 1 unspecified atom stereocenters. The minimum Gasteiger partial charge on any atom is -0.547 e. The molecule has 0 saturated carbocycles. The third-order valence-electron chi connectivity index (χ3n) is 3.31. The van der Waals surface area contributed by atoms with Gasteiger partial charge < -0.3 is 15.0 Å². The van der Waals surface area contributed by atoms with Crippen molar-refractivity contribution >= 4 is 27.5 Å². The second-order valence-corrected chi connectivity index (χ2v) is 4.45. The van der Waals surface area contributed by atoms with Crippen molar-refractivity contribution in [1.29, 1.82) is 0 Å². The lowest BCUT2D eigenvalue weighted by Crippen LogP contribution is -2.29.